The quantitative estimate of drug-likeness (QED) is 0.853. The van der Waals surface area contributed by atoms with Gasteiger partial charge >= 0.3 is 0 Å². The molecule has 0 radical (unpaired) electrons. The maximum atomic E-state index is 12.4. The summed E-state index contributed by atoms with van der Waals surface area (Å²) in [4.78, 5) is 12.4. The summed E-state index contributed by atoms with van der Waals surface area (Å²) < 4.78 is 18.4. The van der Waals surface area contributed by atoms with E-state index in [1.165, 1.54) is 0 Å². The molecule has 1 aliphatic rings. The monoisotopic (exact) mass is 348 g/mol. The number of ether oxygens (including phenoxy) is 2. The van der Waals surface area contributed by atoms with Gasteiger partial charge in [0.1, 0.15) is 5.76 Å². The van der Waals surface area contributed by atoms with Crippen molar-refractivity contribution in [3.63, 3.8) is 0 Å². The average molecular weight is 348 g/mol. The van der Waals surface area contributed by atoms with Crippen molar-refractivity contribution in [3.05, 3.63) is 35.0 Å². The van der Waals surface area contributed by atoms with Crippen LogP contribution in [-0.2, 0) is 22.6 Å². The molecule has 8 heteroatoms. The lowest BCUT2D eigenvalue weighted by atomic mass is 10.1. The third-order valence-corrected chi connectivity index (χ3v) is 4.45. The van der Waals surface area contributed by atoms with Crippen molar-refractivity contribution in [3.8, 4) is 0 Å². The Bertz CT molecular complexity index is 705. The lowest BCUT2D eigenvalue weighted by Crippen LogP contribution is -2.50. The van der Waals surface area contributed by atoms with Gasteiger partial charge < -0.3 is 19.3 Å². The lowest BCUT2D eigenvalue weighted by molar-refractivity contribution is -0.0608. The zero-order valence-corrected chi connectivity index (χ0v) is 14.8. The Morgan fingerprint density at radius 3 is 3.00 bits per heavy atom. The molecule has 136 valence electrons. The zero-order chi connectivity index (χ0) is 17.8. The maximum absolute atomic E-state index is 12.4. The minimum absolute atomic E-state index is 0.118. The van der Waals surface area contributed by atoms with E-state index in [2.05, 4.69) is 15.6 Å². The van der Waals surface area contributed by atoms with Crippen LogP contribution < -0.4 is 5.32 Å². The molecule has 0 bridgehead atoms. The molecule has 0 aromatic carbocycles. The first-order valence-corrected chi connectivity index (χ1v) is 8.53. The van der Waals surface area contributed by atoms with Crippen LogP contribution in [0.1, 0.15) is 40.7 Å². The molecule has 2 aromatic heterocycles. The molecular formula is C17H24N4O4. The van der Waals surface area contributed by atoms with Gasteiger partial charge in [-0.15, -0.1) is 0 Å². The van der Waals surface area contributed by atoms with E-state index in [1.54, 1.807) is 17.1 Å². The van der Waals surface area contributed by atoms with Crippen molar-refractivity contribution >= 4 is 5.91 Å². The molecule has 2 aromatic rings. The number of nitrogens with one attached hydrogen (secondary N) is 1. The molecule has 3 rings (SSSR count). The average Bonchev–Trinajstić information content (AvgIpc) is 3.22. The predicted octanol–water partition coefficient (Wildman–Crippen LogP) is 1.61. The molecule has 1 N–H and O–H groups in total. The number of nitrogens with zero attached hydrogens (tertiary/aromatic N) is 3. The highest BCUT2D eigenvalue weighted by Gasteiger charge is 2.29. The fourth-order valence-electron chi connectivity index (χ4n) is 2.86. The Morgan fingerprint density at radius 2 is 2.32 bits per heavy atom. The van der Waals surface area contributed by atoms with E-state index in [-0.39, 0.29) is 18.1 Å². The molecule has 25 heavy (non-hydrogen) atoms. The van der Waals surface area contributed by atoms with Crippen LogP contribution in [0.3, 0.4) is 0 Å². The van der Waals surface area contributed by atoms with Gasteiger partial charge in [-0.2, -0.15) is 5.10 Å². The zero-order valence-electron chi connectivity index (χ0n) is 14.8. The van der Waals surface area contributed by atoms with Gasteiger partial charge in [0, 0.05) is 24.9 Å². The summed E-state index contributed by atoms with van der Waals surface area (Å²) in [6.45, 7) is 7.92. The van der Waals surface area contributed by atoms with Gasteiger partial charge in [-0.05, 0) is 27.2 Å². The Balaban J connectivity index is 1.61. The minimum Gasteiger partial charge on any atom is -0.379 e. The molecule has 0 unspecified atom stereocenters. The Kier molecular flexibility index (Phi) is 5.50. The van der Waals surface area contributed by atoms with Crippen molar-refractivity contribution in [1.29, 1.82) is 0 Å². The van der Waals surface area contributed by atoms with Crippen LogP contribution in [0.4, 0.5) is 0 Å². The first-order valence-electron chi connectivity index (χ1n) is 8.53. The van der Waals surface area contributed by atoms with Crippen LogP contribution in [0.25, 0.3) is 0 Å². The van der Waals surface area contributed by atoms with Gasteiger partial charge in [0.2, 0.25) is 0 Å². The number of rotatable bonds is 6. The first-order chi connectivity index (χ1) is 12.1. The van der Waals surface area contributed by atoms with Gasteiger partial charge in [0.25, 0.3) is 5.91 Å². The van der Waals surface area contributed by atoms with E-state index in [1.807, 2.05) is 20.8 Å². The summed E-state index contributed by atoms with van der Waals surface area (Å²) in [5.74, 6) is 0.596. The highest BCUT2D eigenvalue weighted by molar-refractivity contribution is 5.93. The molecule has 1 saturated heterocycles. The molecule has 8 nitrogen and oxygen atoms in total. The lowest BCUT2D eigenvalue weighted by Gasteiger charge is -2.32. The van der Waals surface area contributed by atoms with Gasteiger partial charge in [-0.25, -0.2) is 0 Å². The SMILES string of the molecule is CCn1cc(C(=O)N[C@@H]2COCC[C@@H]2OCc2c(C)noc2C)cn1. The second-order valence-corrected chi connectivity index (χ2v) is 6.18. The third-order valence-electron chi connectivity index (χ3n) is 4.45. The van der Waals surface area contributed by atoms with E-state index in [4.69, 9.17) is 14.0 Å². The molecule has 1 aliphatic heterocycles. The molecule has 2 atom stereocenters. The summed E-state index contributed by atoms with van der Waals surface area (Å²) in [5, 5.41) is 11.1. The smallest absolute Gasteiger partial charge is 0.254 e. The summed E-state index contributed by atoms with van der Waals surface area (Å²) in [7, 11) is 0. The van der Waals surface area contributed by atoms with Crippen LogP contribution in [0.2, 0.25) is 0 Å². The normalized spacial score (nSPS) is 20.6. The van der Waals surface area contributed by atoms with Gasteiger partial charge in [-0.1, -0.05) is 5.16 Å². The van der Waals surface area contributed by atoms with Crippen molar-refractivity contribution in [1.82, 2.24) is 20.3 Å². The molecule has 0 saturated carbocycles. The van der Waals surface area contributed by atoms with E-state index < -0.39 is 0 Å². The van der Waals surface area contributed by atoms with Crippen molar-refractivity contribution in [2.24, 2.45) is 0 Å². The topological polar surface area (TPSA) is 91.4 Å². The molecule has 0 aliphatic carbocycles. The van der Waals surface area contributed by atoms with Crippen LogP contribution >= 0.6 is 0 Å². The second-order valence-electron chi connectivity index (χ2n) is 6.18. The predicted molar refractivity (Wildman–Crippen MR) is 89.1 cm³/mol. The van der Waals surface area contributed by atoms with Crippen molar-refractivity contribution in [2.75, 3.05) is 13.2 Å². The van der Waals surface area contributed by atoms with Crippen LogP contribution in [0, 0.1) is 13.8 Å². The molecule has 0 spiro atoms. The van der Waals surface area contributed by atoms with E-state index in [0.717, 1.165) is 30.0 Å². The molecular weight excluding hydrogens is 324 g/mol. The Labute approximate surface area is 146 Å². The molecule has 1 amide bonds. The summed E-state index contributed by atoms with van der Waals surface area (Å²) in [6.07, 6.45) is 3.91. The van der Waals surface area contributed by atoms with Crippen LogP contribution in [0.5, 0.6) is 0 Å². The third kappa shape index (κ3) is 4.08. The van der Waals surface area contributed by atoms with Gasteiger partial charge in [0.05, 0.1) is 42.8 Å². The van der Waals surface area contributed by atoms with Crippen LogP contribution in [-0.4, -0.2) is 46.2 Å². The highest BCUT2D eigenvalue weighted by Crippen LogP contribution is 2.18. The standard InChI is InChI=1S/C17H24N4O4/c1-4-21-8-13(7-18-21)17(22)19-15-10-23-6-5-16(15)24-9-14-11(2)20-25-12(14)3/h7-8,15-16H,4-6,9-10H2,1-3H3,(H,19,22)/t15-,16+/m1/s1. The Hall–Kier alpha value is -2.19. The first kappa shape index (κ1) is 17.6. The Morgan fingerprint density at radius 1 is 1.48 bits per heavy atom. The molecule has 1 fully saturated rings. The van der Waals surface area contributed by atoms with E-state index >= 15 is 0 Å². The second kappa shape index (κ2) is 7.79. The van der Waals surface area contributed by atoms with Gasteiger partial charge in [0.15, 0.2) is 0 Å². The van der Waals surface area contributed by atoms with Crippen molar-refractivity contribution < 1.29 is 18.8 Å². The number of amides is 1. The number of aryl methyl sites for hydroxylation is 3. The maximum Gasteiger partial charge on any atom is 0.254 e. The van der Waals surface area contributed by atoms with Crippen molar-refractivity contribution in [2.45, 2.75) is 52.5 Å². The van der Waals surface area contributed by atoms with Gasteiger partial charge in [-0.3, -0.25) is 9.48 Å². The molecule has 3 heterocycles. The number of hydrogen-bond acceptors (Lipinski definition) is 6. The number of carbonyl (C=O) groups is 1. The minimum atomic E-state index is -0.202. The summed E-state index contributed by atoms with van der Waals surface area (Å²) in [5.41, 5.74) is 2.33. The highest BCUT2D eigenvalue weighted by atomic mass is 16.5. The number of hydrogen-bond donors (Lipinski definition) is 1. The van der Waals surface area contributed by atoms with E-state index in [0.29, 0.717) is 25.4 Å². The fourth-order valence-corrected chi connectivity index (χ4v) is 2.86. The van der Waals surface area contributed by atoms with E-state index in [9.17, 15) is 4.79 Å². The van der Waals surface area contributed by atoms with Crippen LogP contribution in [0.15, 0.2) is 16.9 Å². The summed E-state index contributed by atoms with van der Waals surface area (Å²) in [6, 6.07) is -0.202. The number of aromatic nitrogens is 3. The number of carbonyl (C=O) groups excluding carboxylic acids is 1. The fraction of sp³-hybridized carbons (Fsp3) is 0.588. The summed E-state index contributed by atoms with van der Waals surface area (Å²) >= 11 is 0. The largest absolute Gasteiger partial charge is 0.379 e.